The van der Waals surface area contributed by atoms with Gasteiger partial charge in [-0.3, -0.25) is 4.98 Å². The summed E-state index contributed by atoms with van der Waals surface area (Å²) in [6.07, 6.45) is 11.0. The van der Waals surface area contributed by atoms with Gasteiger partial charge < -0.3 is 5.32 Å². The van der Waals surface area contributed by atoms with Crippen molar-refractivity contribution < 1.29 is 0 Å². The largest absolute Gasteiger partial charge is 0.309 e. The number of nitrogens with zero attached hydrogens (tertiary/aromatic N) is 1. The summed E-state index contributed by atoms with van der Waals surface area (Å²) in [6, 6.07) is 2.57. The van der Waals surface area contributed by atoms with Crippen LogP contribution in [0.2, 0.25) is 0 Å². The first kappa shape index (κ1) is 14.9. The zero-order chi connectivity index (χ0) is 13.5. The molecular weight excluding hydrogens is 252 g/mol. The quantitative estimate of drug-likeness (QED) is 0.848. The molecule has 1 N–H and O–H groups in total. The molecule has 2 nitrogen and oxygen atoms in total. The minimum atomic E-state index is 0.450. The number of thioether (sulfide) groups is 1. The third-order valence-electron chi connectivity index (χ3n) is 3.96. The number of hydrogen-bond donors (Lipinski definition) is 1. The maximum Gasteiger partial charge on any atom is 0.0429 e. The highest BCUT2D eigenvalue weighted by atomic mass is 32.2. The Morgan fingerprint density at radius 2 is 2.16 bits per heavy atom. The van der Waals surface area contributed by atoms with Gasteiger partial charge in [0.15, 0.2) is 0 Å². The van der Waals surface area contributed by atoms with Gasteiger partial charge in [0.2, 0.25) is 0 Å². The Balaban J connectivity index is 1.94. The van der Waals surface area contributed by atoms with E-state index in [2.05, 4.69) is 42.0 Å². The summed E-state index contributed by atoms with van der Waals surface area (Å²) >= 11 is 2.16. The smallest absolute Gasteiger partial charge is 0.0429 e. The van der Waals surface area contributed by atoms with Crippen molar-refractivity contribution >= 4 is 11.8 Å². The molecule has 0 aliphatic heterocycles. The molecule has 1 atom stereocenters. The third kappa shape index (κ3) is 4.50. The second-order valence-electron chi connectivity index (χ2n) is 5.44. The highest BCUT2D eigenvalue weighted by Gasteiger charge is 2.18. The van der Waals surface area contributed by atoms with Crippen molar-refractivity contribution in [2.45, 2.75) is 57.2 Å². The summed E-state index contributed by atoms with van der Waals surface area (Å²) in [6.45, 7) is 5.39. The van der Waals surface area contributed by atoms with Crippen molar-refractivity contribution in [3.8, 4) is 0 Å². The normalized spacial score (nSPS) is 18.4. The van der Waals surface area contributed by atoms with Gasteiger partial charge in [0.05, 0.1) is 0 Å². The van der Waals surface area contributed by atoms with Crippen molar-refractivity contribution in [2.75, 3.05) is 12.3 Å². The molecule has 0 amide bonds. The van der Waals surface area contributed by atoms with E-state index < -0.39 is 0 Å². The van der Waals surface area contributed by atoms with Crippen LogP contribution in [-0.4, -0.2) is 22.5 Å². The summed E-state index contributed by atoms with van der Waals surface area (Å²) in [4.78, 5) is 4.29. The van der Waals surface area contributed by atoms with E-state index in [0.717, 1.165) is 11.8 Å². The molecule has 1 heterocycles. The molecule has 1 saturated carbocycles. The zero-order valence-corrected chi connectivity index (χ0v) is 13.0. The zero-order valence-electron chi connectivity index (χ0n) is 12.2. The van der Waals surface area contributed by atoms with Crippen molar-refractivity contribution in [3.05, 3.63) is 29.6 Å². The predicted molar refractivity (Wildman–Crippen MR) is 84.7 cm³/mol. The molecule has 0 saturated heterocycles. The summed E-state index contributed by atoms with van der Waals surface area (Å²) in [5, 5.41) is 4.50. The number of aryl methyl sites for hydroxylation is 1. The maximum atomic E-state index is 4.29. The standard InChI is InChI=1S/C16H26N2S/c1-3-18-16(15-11-17-10-9-13(15)2)12-19-14-7-5-4-6-8-14/h9-11,14,16,18H,3-8,12H2,1-2H3. The SMILES string of the molecule is CCNC(CSC1CCCCC1)c1cnccc1C. The molecule has 1 aliphatic carbocycles. The van der Waals surface area contributed by atoms with E-state index in [9.17, 15) is 0 Å². The topological polar surface area (TPSA) is 24.9 Å². The Morgan fingerprint density at radius 3 is 2.84 bits per heavy atom. The Labute approximate surface area is 121 Å². The molecule has 1 fully saturated rings. The highest BCUT2D eigenvalue weighted by Crippen LogP contribution is 2.31. The van der Waals surface area contributed by atoms with Crippen molar-refractivity contribution in [3.63, 3.8) is 0 Å². The van der Waals surface area contributed by atoms with Crippen LogP contribution in [0.3, 0.4) is 0 Å². The van der Waals surface area contributed by atoms with Gasteiger partial charge in [-0.1, -0.05) is 26.2 Å². The lowest BCUT2D eigenvalue weighted by Crippen LogP contribution is -2.25. The predicted octanol–water partition coefficient (Wildman–Crippen LogP) is 4.11. The van der Waals surface area contributed by atoms with E-state index in [4.69, 9.17) is 0 Å². The minimum absolute atomic E-state index is 0.450. The molecule has 0 bridgehead atoms. The third-order valence-corrected chi connectivity index (χ3v) is 5.42. The molecule has 3 heteroatoms. The molecule has 2 rings (SSSR count). The summed E-state index contributed by atoms with van der Waals surface area (Å²) in [5.41, 5.74) is 2.72. The Kier molecular flexibility index (Phi) is 6.18. The fourth-order valence-electron chi connectivity index (χ4n) is 2.81. The number of aromatic nitrogens is 1. The van der Waals surface area contributed by atoms with Gasteiger partial charge in [-0.2, -0.15) is 11.8 Å². The monoisotopic (exact) mass is 278 g/mol. The molecule has 0 spiro atoms. The van der Waals surface area contributed by atoms with E-state index >= 15 is 0 Å². The van der Waals surface area contributed by atoms with Crippen molar-refractivity contribution in [2.24, 2.45) is 0 Å². The average molecular weight is 278 g/mol. The minimum Gasteiger partial charge on any atom is -0.309 e. The van der Waals surface area contributed by atoms with Crippen LogP contribution < -0.4 is 5.32 Å². The summed E-state index contributed by atoms with van der Waals surface area (Å²) in [7, 11) is 0. The molecular formula is C16H26N2S. The van der Waals surface area contributed by atoms with Gasteiger partial charge >= 0.3 is 0 Å². The molecule has 1 unspecified atom stereocenters. The van der Waals surface area contributed by atoms with Crippen LogP contribution in [0.15, 0.2) is 18.5 Å². The Hall–Kier alpha value is -0.540. The van der Waals surface area contributed by atoms with Crippen LogP contribution in [0.5, 0.6) is 0 Å². The number of rotatable bonds is 6. The number of nitrogens with one attached hydrogen (secondary N) is 1. The molecule has 1 aliphatic rings. The maximum absolute atomic E-state index is 4.29. The lowest BCUT2D eigenvalue weighted by atomic mass is 10.0. The molecule has 0 aromatic carbocycles. The van der Waals surface area contributed by atoms with Crippen LogP contribution in [0.1, 0.15) is 56.2 Å². The molecule has 106 valence electrons. The lowest BCUT2D eigenvalue weighted by molar-refractivity contribution is 0.514. The molecule has 0 radical (unpaired) electrons. The highest BCUT2D eigenvalue weighted by molar-refractivity contribution is 7.99. The van der Waals surface area contributed by atoms with E-state index in [1.165, 1.54) is 49.0 Å². The first-order chi connectivity index (χ1) is 9.31. The van der Waals surface area contributed by atoms with E-state index in [1.54, 1.807) is 0 Å². The van der Waals surface area contributed by atoms with Gasteiger partial charge in [-0.15, -0.1) is 0 Å². The molecule has 1 aromatic rings. The first-order valence-corrected chi connectivity index (χ1v) is 8.61. The average Bonchev–Trinajstić information content (AvgIpc) is 2.45. The second-order valence-corrected chi connectivity index (χ2v) is 6.77. The van der Waals surface area contributed by atoms with Gasteiger partial charge in [-0.05, 0) is 43.5 Å². The van der Waals surface area contributed by atoms with E-state index in [0.29, 0.717) is 6.04 Å². The van der Waals surface area contributed by atoms with Gasteiger partial charge in [-0.25, -0.2) is 0 Å². The summed E-state index contributed by atoms with van der Waals surface area (Å²) < 4.78 is 0. The second kappa shape index (κ2) is 7.91. The van der Waals surface area contributed by atoms with Gasteiger partial charge in [0.25, 0.3) is 0 Å². The molecule has 1 aromatic heterocycles. The fraction of sp³-hybridized carbons (Fsp3) is 0.688. The van der Waals surface area contributed by atoms with Gasteiger partial charge in [0, 0.05) is 29.4 Å². The Bertz CT molecular complexity index is 375. The van der Waals surface area contributed by atoms with Crippen LogP contribution in [0.25, 0.3) is 0 Å². The van der Waals surface area contributed by atoms with Gasteiger partial charge in [0.1, 0.15) is 0 Å². The van der Waals surface area contributed by atoms with Crippen LogP contribution in [0, 0.1) is 6.92 Å². The number of pyridine rings is 1. The summed E-state index contributed by atoms with van der Waals surface area (Å²) in [5.74, 6) is 1.17. The van der Waals surface area contributed by atoms with Crippen molar-refractivity contribution in [1.82, 2.24) is 10.3 Å². The first-order valence-electron chi connectivity index (χ1n) is 7.56. The van der Waals surface area contributed by atoms with Crippen LogP contribution in [0.4, 0.5) is 0 Å². The lowest BCUT2D eigenvalue weighted by Gasteiger charge is -2.25. The van der Waals surface area contributed by atoms with Crippen LogP contribution >= 0.6 is 11.8 Å². The van der Waals surface area contributed by atoms with E-state index in [1.807, 2.05) is 12.4 Å². The van der Waals surface area contributed by atoms with E-state index in [-0.39, 0.29) is 0 Å². The fourth-order valence-corrected chi connectivity index (χ4v) is 4.24. The number of hydrogen-bond acceptors (Lipinski definition) is 3. The van der Waals surface area contributed by atoms with Crippen LogP contribution in [-0.2, 0) is 0 Å². The molecule has 19 heavy (non-hydrogen) atoms. The Morgan fingerprint density at radius 1 is 1.37 bits per heavy atom. The van der Waals surface area contributed by atoms with Crippen molar-refractivity contribution in [1.29, 1.82) is 0 Å².